The van der Waals surface area contributed by atoms with Crippen molar-refractivity contribution in [3.05, 3.63) is 0 Å². The monoisotopic (exact) mass is 314 g/mol. The Kier molecular flexibility index (Phi) is 15.3. The summed E-state index contributed by atoms with van der Waals surface area (Å²) in [5.74, 6) is 0.695. The summed E-state index contributed by atoms with van der Waals surface area (Å²) in [6.07, 6.45) is 4.47. The Bertz CT molecular complexity index is 296. The van der Waals surface area contributed by atoms with Gasteiger partial charge in [0.2, 0.25) is 0 Å². The fraction of sp³-hybridized carbons (Fsp3) is 0.867. The molecular weight excluding hydrogens is 280 g/mol. The third kappa shape index (κ3) is 16.9. The molecule has 0 rings (SSSR count). The maximum Gasteiger partial charge on any atom is 0.188 e. The van der Waals surface area contributed by atoms with Gasteiger partial charge in [0.25, 0.3) is 0 Å². The van der Waals surface area contributed by atoms with E-state index in [-0.39, 0.29) is 5.78 Å². The van der Waals surface area contributed by atoms with E-state index in [4.69, 9.17) is 5.73 Å². The number of nitrogens with one attached hydrogen (secondary N) is 4. The molecule has 0 aromatic rings. The number of rotatable bonds is 15. The van der Waals surface area contributed by atoms with Crippen molar-refractivity contribution in [2.75, 3.05) is 52.9 Å². The summed E-state index contributed by atoms with van der Waals surface area (Å²) < 4.78 is 0. The third-order valence-electron chi connectivity index (χ3n) is 3.12. The molecule has 0 atom stereocenters. The molecule has 0 aliphatic carbocycles. The van der Waals surface area contributed by atoms with Gasteiger partial charge in [-0.1, -0.05) is 0 Å². The first-order valence-electron chi connectivity index (χ1n) is 8.24. The van der Waals surface area contributed by atoms with E-state index in [2.05, 4.69) is 26.3 Å². The second-order valence-electron chi connectivity index (χ2n) is 5.33. The second kappa shape index (κ2) is 16.2. The molecule has 22 heavy (non-hydrogen) atoms. The molecule has 0 aliphatic heterocycles. The molecule has 7 heteroatoms. The number of ketones is 1. The molecule has 130 valence electrons. The Morgan fingerprint density at radius 2 is 1.36 bits per heavy atom. The second-order valence-corrected chi connectivity index (χ2v) is 5.33. The molecule has 0 fully saturated rings. The lowest BCUT2D eigenvalue weighted by molar-refractivity contribution is -0.116. The minimum absolute atomic E-state index is 0.193. The molecule has 0 aromatic carbocycles. The van der Waals surface area contributed by atoms with Gasteiger partial charge in [0.1, 0.15) is 5.78 Å². The maximum atomic E-state index is 10.7. The number of nitrogens with two attached hydrogens (primary N) is 1. The van der Waals surface area contributed by atoms with E-state index in [0.29, 0.717) is 12.5 Å². The molecule has 0 saturated carbocycles. The van der Waals surface area contributed by atoms with E-state index in [1.807, 2.05) is 0 Å². The fourth-order valence-electron chi connectivity index (χ4n) is 1.86. The molecule has 6 N–H and O–H groups in total. The van der Waals surface area contributed by atoms with Crippen molar-refractivity contribution in [3.63, 3.8) is 0 Å². The molecule has 0 radical (unpaired) electrons. The Morgan fingerprint density at radius 1 is 0.864 bits per heavy atom. The van der Waals surface area contributed by atoms with Gasteiger partial charge >= 0.3 is 0 Å². The van der Waals surface area contributed by atoms with Crippen LogP contribution in [0.3, 0.4) is 0 Å². The number of carbonyl (C=O) groups is 1. The molecule has 0 saturated heterocycles. The highest BCUT2D eigenvalue weighted by molar-refractivity contribution is 5.77. The van der Waals surface area contributed by atoms with Gasteiger partial charge in [0, 0.05) is 13.6 Å². The molecule has 0 aliphatic rings. The van der Waals surface area contributed by atoms with Crippen molar-refractivity contribution in [2.45, 2.75) is 32.6 Å². The normalized spacial score (nSPS) is 11.6. The number of hydrogen-bond donors (Lipinski definition) is 5. The molecular formula is C15H34N6O. The van der Waals surface area contributed by atoms with Crippen molar-refractivity contribution in [3.8, 4) is 0 Å². The lowest BCUT2D eigenvalue weighted by Gasteiger charge is -2.07. The molecule has 0 unspecified atom stereocenters. The molecule has 0 heterocycles. The first kappa shape index (κ1) is 20.8. The van der Waals surface area contributed by atoms with Gasteiger partial charge in [-0.15, -0.1) is 0 Å². The Morgan fingerprint density at radius 3 is 1.91 bits per heavy atom. The Hall–Kier alpha value is -1.18. The standard InChI is InChI=1S/C15H34N6O/c1-14(22)13-20-11-5-9-18-7-3-4-8-19-10-6-12-21-15(16)17-2/h18-20H,3-13H2,1-2H3,(H3,16,17,21). The first-order valence-corrected chi connectivity index (χ1v) is 8.24. The van der Waals surface area contributed by atoms with Crippen LogP contribution in [0.1, 0.15) is 32.6 Å². The van der Waals surface area contributed by atoms with E-state index in [0.717, 1.165) is 52.1 Å². The summed E-state index contributed by atoms with van der Waals surface area (Å²) >= 11 is 0. The number of carbonyl (C=O) groups excluding carboxylic acids is 1. The molecule has 0 bridgehead atoms. The maximum absolute atomic E-state index is 10.7. The van der Waals surface area contributed by atoms with Crippen LogP contribution in [0, 0.1) is 0 Å². The van der Waals surface area contributed by atoms with Crippen molar-refractivity contribution in [2.24, 2.45) is 10.7 Å². The highest BCUT2D eigenvalue weighted by atomic mass is 16.1. The van der Waals surface area contributed by atoms with Gasteiger partial charge in [0.05, 0.1) is 6.54 Å². The summed E-state index contributed by atoms with van der Waals surface area (Å²) in [6, 6.07) is 0. The summed E-state index contributed by atoms with van der Waals surface area (Å²) in [6.45, 7) is 7.96. The first-order chi connectivity index (χ1) is 10.7. The van der Waals surface area contributed by atoms with Crippen LogP contribution < -0.4 is 27.0 Å². The number of unbranched alkanes of at least 4 members (excludes halogenated alkanes) is 1. The predicted octanol–water partition coefficient (Wildman–Crippen LogP) is -0.561. The number of aliphatic imine (C=N–C) groups is 1. The zero-order chi connectivity index (χ0) is 16.5. The van der Waals surface area contributed by atoms with Crippen molar-refractivity contribution >= 4 is 11.7 Å². The number of guanidine groups is 1. The van der Waals surface area contributed by atoms with Crippen LogP contribution in [-0.4, -0.2) is 64.6 Å². The molecule has 7 nitrogen and oxygen atoms in total. The van der Waals surface area contributed by atoms with E-state index in [1.165, 1.54) is 12.8 Å². The number of nitrogens with zero attached hydrogens (tertiary/aromatic N) is 1. The SMILES string of the molecule is CN=C(N)NCCCNCCCCNCCCNCC(C)=O. The quantitative estimate of drug-likeness (QED) is 0.158. The smallest absolute Gasteiger partial charge is 0.188 e. The van der Waals surface area contributed by atoms with E-state index >= 15 is 0 Å². The van der Waals surface area contributed by atoms with E-state index < -0.39 is 0 Å². The highest BCUT2D eigenvalue weighted by Crippen LogP contribution is 1.85. The van der Waals surface area contributed by atoms with Gasteiger partial charge in [-0.05, 0) is 65.3 Å². The van der Waals surface area contributed by atoms with Gasteiger partial charge in [0.15, 0.2) is 5.96 Å². The summed E-state index contributed by atoms with van der Waals surface area (Å²) in [5, 5.41) is 13.0. The van der Waals surface area contributed by atoms with E-state index in [1.54, 1.807) is 14.0 Å². The van der Waals surface area contributed by atoms with Crippen LogP contribution >= 0.6 is 0 Å². The fourth-order valence-corrected chi connectivity index (χ4v) is 1.86. The minimum Gasteiger partial charge on any atom is -0.370 e. The summed E-state index contributed by atoms with van der Waals surface area (Å²) in [5.41, 5.74) is 5.53. The van der Waals surface area contributed by atoms with Gasteiger partial charge in [-0.2, -0.15) is 0 Å². The Balaban J connectivity index is 3.04. The lowest BCUT2D eigenvalue weighted by Crippen LogP contribution is -2.33. The van der Waals surface area contributed by atoms with Gasteiger partial charge in [-0.3, -0.25) is 9.79 Å². The van der Waals surface area contributed by atoms with Gasteiger partial charge in [-0.25, -0.2) is 0 Å². The lowest BCUT2D eigenvalue weighted by atomic mass is 10.3. The molecule has 0 aromatic heterocycles. The average molecular weight is 314 g/mol. The van der Waals surface area contributed by atoms with Crippen molar-refractivity contribution in [1.82, 2.24) is 21.3 Å². The van der Waals surface area contributed by atoms with E-state index in [9.17, 15) is 4.79 Å². The summed E-state index contributed by atoms with van der Waals surface area (Å²) in [4.78, 5) is 14.5. The zero-order valence-corrected chi connectivity index (χ0v) is 14.2. The number of Topliss-reactive ketones (excluding diaryl/α,β-unsaturated/α-hetero) is 1. The minimum atomic E-state index is 0.193. The zero-order valence-electron chi connectivity index (χ0n) is 14.2. The highest BCUT2D eigenvalue weighted by Gasteiger charge is 1.93. The van der Waals surface area contributed by atoms with Crippen LogP contribution in [0.5, 0.6) is 0 Å². The molecule has 0 amide bonds. The van der Waals surface area contributed by atoms with Crippen molar-refractivity contribution in [1.29, 1.82) is 0 Å². The molecule has 0 spiro atoms. The van der Waals surface area contributed by atoms with Crippen molar-refractivity contribution < 1.29 is 4.79 Å². The van der Waals surface area contributed by atoms with Crippen LogP contribution in [0.2, 0.25) is 0 Å². The van der Waals surface area contributed by atoms with Gasteiger partial charge < -0.3 is 27.0 Å². The third-order valence-corrected chi connectivity index (χ3v) is 3.12. The van der Waals surface area contributed by atoms with Crippen LogP contribution in [-0.2, 0) is 4.79 Å². The van der Waals surface area contributed by atoms with Crippen LogP contribution in [0.15, 0.2) is 4.99 Å². The largest absolute Gasteiger partial charge is 0.370 e. The van der Waals surface area contributed by atoms with Crippen LogP contribution in [0.4, 0.5) is 0 Å². The predicted molar refractivity (Wildman–Crippen MR) is 93.3 cm³/mol. The average Bonchev–Trinajstić information content (AvgIpc) is 2.50. The topological polar surface area (TPSA) is 104 Å². The van der Waals surface area contributed by atoms with Crippen LogP contribution in [0.25, 0.3) is 0 Å². The summed E-state index contributed by atoms with van der Waals surface area (Å²) in [7, 11) is 1.68. The number of hydrogen-bond acceptors (Lipinski definition) is 5. The Labute approximate surface area is 134 Å².